The Morgan fingerprint density at radius 1 is 0.691 bits per heavy atom. The molecule has 1 aromatic heterocycles. The van der Waals surface area contributed by atoms with Gasteiger partial charge in [-0.3, -0.25) is 9.59 Å². The van der Waals surface area contributed by atoms with E-state index in [1.54, 1.807) is 43.3 Å². The molecule has 0 radical (unpaired) electrons. The molecule has 0 unspecified atom stereocenters. The summed E-state index contributed by atoms with van der Waals surface area (Å²) in [5.41, 5.74) is 2.77. The van der Waals surface area contributed by atoms with Crippen molar-refractivity contribution in [2.45, 2.75) is 64.4 Å². The zero-order valence-corrected chi connectivity index (χ0v) is 30.2. The molecule has 5 atom stereocenters. The Morgan fingerprint density at radius 2 is 1.24 bits per heavy atom. The molecule has 1 aliphatic heterocycles. The van der Waals surface area contributed by atoms with E-state index in [0.717, 1.165) is 16.7 Å². The maximum atomic E-state index is 14.7. The zero-order valence-electron chi connectivity index (χ0n) is 30.2. The van der Waals surface area contributed by atoms with E-state index in [4.69, 9.17) is 32.8 Å². The third-order valence-electron chi connectivity index (χ3n) is 9.05. The molecule has 2 N–H and O–H groups in total. The van der Waals surface area contributed by atoms with Crippen LogP contribution in [-0.4, -0.2) is 46.9 Å². The Kier molecular flexibility index (Phi) is 11.4. The number of hydrogen-bond acceptors (Lipinski definition) is 11. The van der Waals surface area contributed by atoms with Gasteiger partial charge in [-0.1, -0.05) is 91.0 Å². The first kappa shape index (κ1) is 37.2. The van der Waals surface area contributed by atoms with Crippen molar-refractivity contribution < 1.29 is 47.8 Å². The van der Waals surface area contributed by atoms with Gasteiger partial charge in [-0.25, -0.2) is 0 Å². The van der Waals surface area contributed by atoms with Crippen LogP contribution in [-0.2, 0) is 34.1 Å². The third-order valence-corrected chi connectivity index (χ3v) is 9.05. The van der Waals surface area contributed by atoms with Gasteiger partial charge < -0.3 is 43.1 Å². The fourth-order valence-corrected chi connectivity index (χ4v) is 6.23. The van der Waals surface area contributed by atoms with Crippen molar-refractivity contribution in [1.82, 2.24) is 0 Å². The SMILES string of the molecule is CC(=O)O[C@@H]1[C@@H](O)[C@@H](O)[C@H](Oc2c(-c3ccc(OCc4ccccc4)cc3)oc3cc(OCc4ccccc4)cc(OCc4ccccc4)c3c2=O)O[C@H]1C. The molecule has 7 rings (SSSR count). The van der Waals surface area contributed by atoms with Gasteiger partial charge in [-0.2, -0.15) is 0 Å². The Labute approximate surface area is 317 Å². The highest BCUT2D eigenvalue weighted by atomic mass is 16.7. The van der Waals surface area contributed by atoms with Crippen molar-refractivity contribution in [1.29, 1.82) is 0 Å². The second-order valence-corrected chi connectivity index (χ2v) is 13.1. The van der Waals surface area contributed by atoms with Crippen LogP contribution in [0.4, 0.5) is 0 Å². The molecule has 0 saturated carbocycles. The predicted molar refractivity (Wildman–Crippen MR) is 203 cm³/mol. The van der Waals surface area contributed by atoms with E-state index < -0.39 is 42.1 Å². The van der Waals surface area contributed by atoms with E-state index in [2.05, 4.69) is 0 Å². The van der Waals surface area contributed by atoms with Crippen LogP contribution in [0.5, 0.6) is 23.0 Å². The molecule has 55 heavy (non-hydrogen) atoms. The monoisotopic (exact) mass is 744 g/mol. The van der Waals surface area contributed by atoms with Crippen LogP contribution >= 0.6 is 0 Å². The van der Waals surface area contributed by atoms with E-state index in [1.165, 1.54) is 6.92 Å². The summed E-state index contributed by atoms with van der Waals surface area (Å²) in [4.78, 5) is 26.4. The summed E-state index contributed by atoms with van der Waals surface area (Å²) in [5, 5.41) is 22.1. The molecule has 0 amide bonds. The largest absolute Gasteiger partial charge is 0.489 e. The quantitative estimate of drug-likeness (QED) is 0.118. The van der Waals surface area contributed by atoms with Crippen LogP contribution in [0.1, 0.15) is 30.5 Å². The lowest BCUT2D eigenvalue weighted by Gasteiger charge is -2.40. The molecule has 1 saturated heterocycles. The summed E-state index contributed by atoms with van der Waals surface area (Å²) in [5.74, 6) is 0.198. The van der Waals surface area contributed by atoms with Gasteiger partial charge in [-0.15, -0.1) is 0 Å². The van der Waals surface area contributed by atoms with E-state index in [0.29, 0.717) is 23.7 Å². The summed E-state index contributed by atoms with van der Waals surface area (Å²) in [6.45, 7) is 3.48. The lowest BCUT2D eigenvalue weighted by Crippen LogP contribution is -2.59. The molecule has 0 bridgehead atoms. The van der Waals surface area contributed by atoms with Gasteiger partial charge in [0.15, 0.2) is 11.9 Å². The topological polar surface area (TPSA) is 143 Å². The Bertz CT molecular complexity index is 2260. The molecule has 0 spiro atoms. The normalized spacial score (nSPS) is 19.4. The smallest absolute Gasteiger partial charge is 0.303 e. The van der Waals surface area contributed by atoms with Crippen LogP contribution < -0.4 is 24.4 Å². The minimum Gasteiger partial charge on any atom is -0.489 e. The molecule has 0 aliphatic carbocycles. The van der Waals surface area contributed by atoms with Crippen LogP contribution in [0.3, 0.4) is 0 Å². The summed E-state index contributed by atoms with van der Waals surface area (Å²) in [7, 11) is 0. The van der Waals surface area contributed by atoms with E-state index in [-0.39, 0.29) is 41.4 Å². The molecule has 11 heteroatoms. The summed E-state index contributed by atoms with van der Waals surface area (Å²) >= 11 is 0. The molecule has 6 aromatic rings. The average molecular weight is 745 g/mol. The predicted octanol–water partition coefficient (Wildman–Crippen LogP) is 6.97. The number of aliphatic hydroxyl groups is 2. The van der Waals surface area contributed by atoms with Crippen molar-refractivity contribution in [2.75, 3.05) is 0 Å². The number of rotatable bonds is 13. The van der Waals surface area contributed by atoms with Gasteiger partial charge in [-0.05, 0) is 47.9 Å². The first-order valence-electron chi connectivity index (χ1n) is 17.8. The van der Waals surface area contributed by atoms with E-state index in [9.17, 15) is 19.8 Å². The Morgan fingerprint density at radius 3 is 1.80 bits per heavy atom. The molecule has 1 fully saturated rings. The highest BCUT2D eigenvalue weighted by Gasteiger charge is 2.46. The standard InChI is InChI=1S/C44H40O11/c1-27-41(53-28(2)45)39(47)40(48)44(52-27)55-43-38(46)37-35(51-26-31-16-10-5-11-17-31)22-34(50-25-30-14-8-4-9-15-30)23-36(37)54-42(43)32-18-20-33(21-19-32)49-24-29-12-6-3-7-13-29/h3-23,27,39-41,44,47-48H,24-26H2,1-2H3/t27-,39-,40+,41-,44-/m0/s1. The summed E-state index contributed by atoms with van der Waals surface area (Å²) in [6, 6.07) is 39.0. The average Bonchev–Trinajstić information content (AvgIpc) is 3.21. The summed E-state index contributed by atoms with van der Waals surface area (Å²) < 4.78 is 42.3. The number of benzene rings is 5. The number of esters is 1. The minimum atomic E-state index is -1.71. The maximum absolute atomic E-state index is 14.7. The fourth-order valence-electron chi connectivity index (χ4n) is 6.23. The first-order valence-corrected chi connectivity index (χ1v) is 17.8. The van der Waals surface area contributed by atoms with Gasteiger partial charge in [0.05, 0.1) is 6.10 Å². The van der Waals surface area contributed by atoms with Crippen LogP contribution in [0.25, 0.3) is 22.3 Å². The molecular formula is C44H40O11. The van der Waals surface area contributed by atoms with Gasteiger partial charge in [0, 0.05) is 24.6 Å². The molecule has 2 heterocycles. The molecule has 5 aromatic carbocycles. The molecule has 282 valence electrons. The van der Waals surface area contributed by atoms with E-state index >= 15 is 0 Å². The second-order valence-electron chi connectivity index (χ2n) is 13.1. The number of carbonyl (C=O) groups is 1. The molecular weight excluding hydrogens is 704 g/mol. The molecule has 1 aliphatic rings. The fraction of sp³-hybridized carbons (Fsp3) is 0.227. The van der Waals surface area contributed by atoms with Crippen LogP contribution in [0.2, 0.25) is 0 Å². The first-order chi connectivity index (χ1) is 26.7. The number of ether oxygens (including phenoxy) is 6. The van der Waals surface area contributed by atoms with Gasteiger partial charge in [0.1, 0.15) is 60.2 Å². The van der Waals surface area contributed by atoms with Crippen molar-refractivity contribution in [3.63, 3.8) is 0 Å². The van der Waals surface area contributed by atoms with Crippen molar-refractivity contribution in [3.05, 3.63) is 154 Å². The maximum Gasteiger partial charge on any atom is 0.303 e. The van der Waals surface area contributed by atoms with Crippen molar-refractivity contribution >= 4 is 16.9 Å². The number of hydrogen-bond donors (Lipinski definition) is 2. The Balaban J connectivity index is 1.30. The third kappa shape index (κ3) is 8.81. The number of aliphatic hydroxyl groups excluding tert-OH is 2. The number of carbonyl (C=O) groups excluding carboxylic acids is 1. The van der Waals surface area contributed by atoms with Crippen LogP contribution in [0, 0.1) is 0 Å². The van der Waals surface area contributed by atoms with Crippen molar-refractivity contribution in [2.24, 2.45) is 0 Å². The second kappa shape index (κ2) is 16.9. The minimum absolute atomic E-state index is 0.0152. The highest BCUT2D eigenvalue weighted by Crippen LogP contribution is 2.39. The molecule has 11 nitrogen and oxygen atoms in total. The van der Waals surface area contributed by atoms with Crippen LogP contribution in [0.15, 0.2) is 137 Å². The lowest BCUT2D eigenvalue weighted by molar-refractivity contribution is -0.272. The van der Waals surface area contributed by atoms with E-state index in [1.807, 2.05) is 91.0 Å². The van der Waals surface area contributed by atoms with Gasteiger partial charge in [0.25, 0.3) is 0 Å². The summed E-state index contributed by atoms with van der Waals surface area (Å²) in [6.07, 6.45) is -6.91. The van der Waals surface area contributed by atoms with Crippen molar-refractivity contribution in [3.8, 4) is 34.3 Å². The lowest BCUT2D eigenvalue weighted by atomic mass is 9.99. The number of fused-ring (bicyclic) bond motifs is 1. The Hall–Kier alpha value is -6.14. The van der Waals surface area contributed by atoms with Gasteiger partial charge >= 0.3 is 5.97 Å². The highest BCUT2D eigenvalue weighted by molar-refractivity contribution is 5.88. The van der Waals surface area contributed by atoms with Gasteiger partial charge in [0.2, 0.25) is 17.5 Å². The zero-order chi connectivity index (χ0) is 38.3.